The van der Waals surface area contributed by atoms with E-state index in [1.807, 2.05) is 13.0 Å². The number of rotatable bonds is 2. The first-order chi connectivity index (χ1) is 8.88. The fourth-order valence-electron chi connectivity index (χ4n) is 1.81. The molecule has 0 saturated carbocycles. The highest BCUT2D eigenvalue weighted by Gasteiger charge is 2.20. The Morgan fingerprint density at radius 3 is 2.58 bits per heavy atom. The summed E-state index contributed by atoms with van der Waals surface area (Å²) in [4.78, 5) is 8.08. The zero-order valence-electron chi connectivity index (χ0n) is 11.6. The van der Waals surface area contributed by atoms with Crippen LogP contribution in [-0.2, 0) is 5.41 Å². The monoisotopic (exact) mass is 320 g/mol. The van der Waals surface area contributed by atoms with Gasteiger partial charge in [0.15, 0.2) is 0 Å². The number of halogens is 1. The average Bonchev–Trinajstić information content (AvgIpc) is 2.30. The molecular formula is C15H17BrN2O. The summed E-state index contributed by atoms with van der Waals surface area (Å²) >= 11 is 3.40. The molecule has 0 fully saturated rings. The van der Waals surface area contributed by atoms with Gasteiger partial charge in [-0.05, 0) is 39.9 Å². The van der Waals surface area contributed by atoms with Gasteiger partial charge in [0.2, 0.25) is 5.88 Å². The largest absolute Gasteiger partial charge is 0.437 e. The lowest BCUT2D eigenvalue weighted by Gasteiger charge is -2.23. The second-order valence-electron chi connectivity index (χ2n) is 5.53. The summed E-state index contributed by atoms with van der Waals surface area (Å²) in [6.45, 7) is 8.55. The van der Waals surface area contributed by atoms with E-state index >= 15 is 0 Å². The third-order valence-electron chi connectivity index (χ3n) is 2.79. The number of hydrogen-bond donors (Lipinski definition) is 0. The van der Waals surface area contributed by atoms with Gasteiger partial charge in [-0.15, -0.1) is 0 Å². The van der Waals surface area contributed by atoms with Crippen molar-refractivity contribution in [2.75, 3.05) is 0 Å². The van der Waals surface area contributed by atoms with Crippen molar-refractivity contribution in [2.24, 2.45) is 0 Å². The van der Waals surface area contributed by atoms with Crippen LogP contribution in [0.4, 0.5) is 0 Å². The molecular weight excluding hydrogens is 304 g/mol. The first-order valence-electron chi connectivity index (χ1n) is 6.12. The maximum atomic E-state index is 5.95. The van der Waals surface area contributed by atoms with Crippen LogP contribution in [0, 0.1) is 6.92 Å². The summed E-state index contributed by atoms with van der Waals surface area (Å²) in [5.41, 5.74) is 2.33. The highest BCUT2D eigenvalue weighted by molar-refractivity contribution is 9.10. The summed E-state index contributed by atoms with van der Waals surface area (Å²) in [5.74, 6) is 1.37. The van der Waals surface area contributed by atoms with E-state index in [1.54, 1.807) is 6.20 Å². The molecule has 0 radical (unpaired) electrons. The lowest BCUT2D eigenvalue weighted by atomic mass is 9.86. The van der Waals surface area contributed by atoms with Gasteiger partial charge < -0.3 is 4.74 Å². The highest BCUT2D eigenvalue weighted by atomic mass is 79.9. The van der Waals surface area contributed by atoms with Crippen LogP contribution in [0.5, 0.6) is 11.6 Å². The molecule has 2 aromatic rings. The van der Waals surface area contributed by atoms with Gasteiger partial charge in [0.05, 0.1) is 4.47 Å². The lowest BCUT2D eigenvalue weighted by molar-refractivity contribution is 0.435. The molecule has 3 nitrogen and oxygen atoms in total. The van der Waals surface area contributed by atoms with Crippen LogP contribution in [0.3, 0.4) is 0 Å². The van der Waals surface area contributed by atoms with E-state index in [-0.39, 0.29) is 5.41 Å². The molecule has 0 amide bonds. The number of aryl methyl sites for hydroxylation is 1. The second-order valence-corrected chi connectivity index (χ2v) is 6.38. The number of hydrogen-bond acceptors (Lipinski definition) is 3. The minimum atomic E-state index is 0.0164. The summed E-state index contributed by atoms with van der Waals surface area (Å²) in [7, 11) is 0. The van der Waals surface area contributed by atoms with Gasteiger partial charge in [-0.2, -0.15) is 0 Å². The third-order valence-corrected chi connectivity index (χ3v) is 3.33. The van der Waals surface area contributed by atoms with Crippen molar-refractivity contribution in [3.8, 4) is 11.6 Å². The second kappa shape index (κ2) is 5.29. The van der Waals surface area contributed by atoms with Crippen molar-refractivity contribution in [1.82, 2.24) is 9.97 Å². The van der Waals surface area contributed by atoms with Crippen LogP contribution in [0.25, 0.3) is 0 Å². The van der Waals surface area contributed by atoms with Crippen LogP contribution in [0.1, 0.15) is 31.9 Å². The van der Waals surface area contributed by atoms with Crippen molar-refractivity contribution in [3.63, 3.8) is 0 Å². The van der Waals surface area contributed by atoms with E-state index in [2.05, 4.69) is 58.8 Å². The Kier molecular flexibility index (Phi) is 3.90. The van der Waals surface area contributed by atoms with Crippen molar-refractivity contribution in [2.45, 2.75) is 33.1 Å². The minimum Gasteiger partial charge on any atom is -0.437 e. The Balaban J connectivity index is 2.45. The first kappa shape index (κ1) is 14.0. The van der Waals surface area contributed by atoms with Gasteiger partial charge in [-0.1, -0.05) is 32.9 Å². The SMILES string of the molecule is Cc1ccc(C(C)(C)C)c(Oc2ncncc2Br)c1. The van der Waals surface area contributed by atoms with Gasteiger partial charge in [-0.25, -0.2) is 9.97 Å². The van der Waals surface area contributed by atoms with Crippen molar-refractivity contribution < 1.29 is 4.74 Å². The van der Waals surface area contributed by atoms with Crippen LogP contribution in [0.15, 0.2) is 35.2 Å². The van der Waals surface area contributed by atoms with Gasteiger partial charge in [0.25, 0.3) is 0 Å². The Morgan fingerprint density at radius 2 is 1.95 bits per heavy atom. The van der Waals surface area contributed by atoms with E-state index in [1.165, 1.54) is 6.33 Å². The molecule has 0 bridgehead atoms. The Bertz CT molecular complexity index is 591. The van der Waals surface area contributed by atoms with Gasteiger partial charge in [-0.3, -0.25) is 0 Å². The molecule has 0 aliphatic heterocycles. The first-order valence-corrected chi connectivity index (χ1v) is 6.92. The van der Waals surface area contributed by atoms with E-state index in [4.69, 9.17) is 4.74 Å². The van der Waals surface area contributed by atoms with Crippen molar-refractivity contribution in [3.05, 3.63) is 46.3 Å². The van der Waals surface area contributed by atoms with Gasteiger partial charge in [0.1, 0.15) is 12.1 Å². The summed E-state index contributed by atoms with van der Waals surface area (Å²) in [6, 6.07) is 6.25. The lowest BCUT2D eigenvalue weighted by Crippen LogP contribution is -2.12. The summed E-state index contributed by atoms with van der Waals surface area (Å²) in [6.07, 6.45) is 3.15. The van der Waals surface area contributed by atoms with E-state index in [0.29, 0.717) is 5.88 Å². The topological polar surface area (TPSA) is 35.0 Å². The van der Waals surface area contributed by atoms with Crippen LogP contribution in [0.2, 0.25) is 0 Å². The zero-order chi connectivity index (χ0) is 14.0. The van der Waals surface area contributed by atoms with Crippen LogP contribution in [-0.4, -0.2) is 9.97 Å². The minimum absolute atomic E-state index is 0.0164. The molecule has 0 N–H and O–H groups in total. The third kappa shape index (κ3) is 3.32. The maximum absolute atomic E-state index is 5.95. The molecule has 0 atom stereocenters. The molecule has 100 valence electrons. The van der Waals surface area contributed by atoms with Gasteiger partial charge >= 0.3 is 0 Å². The molecule has 1 aromatic carbocycles. The molecule has 0 unspecified atom stereocenters. The van der Waals surface area contributed by atoms with Crippen LogP contribution >= 0.6 is 15.9 Å². The van der Waals surface area contributed by atoms with Gasteiger partial charge in [0, 0.05) is 11.8 Å². The molecule has 2 rings (SSSR count). The normalized spacial score (nSPS) is 11.4. The molecule has 1 heterocycles. The molecule has 1 aromatic heterocycles. The average molecular weight is 321 g/mol. The molecule has 0 aliphatic rings. The van der Waals surface area contributed by atoms with Crippen molar-refractivity contribution in [1.29, 1.82) is 0 Å². The Hall–Kier alpha value is -1.42. The Morgan fingerprint density at radius 1 is 1.21 bits per heavy atom. The molecule has 0 spiro atoms. The number of ether oxygens (including phenoxy) is 1. The smallest absolute Gasteiger partial charge is 0.236 e. The maximum Gasteiger partial charge on any atom is 0.236 e. The number of nitrogens with zero attached hydrogens (tertiary/aromatic N) is 2. The summed E-state index contributed by atoms with van der Waals surface area (Å²) in [5, 5.41) is 0. The van der Waals surface area contributed by atoms with E-state index in [0.717, 1.165) is 21.3 Å². The zero-order valence-corrected chi connectivity index (χ0v) is 13.2. The van der Waals surface area contributed by atoms with E-state index < -0.39 is 0 Å². The molecule has 0 saturated heterocycles. The van der Waals surface area contributed by atoms with E-state index in [9.17, 15) is 0 Å². The van der Waals surface area contributed by atoms with Crippen LogP contribution < -0.4 is 4.74 Å². The quantitative estimate of drug-likeness (QED) is 0.808. The number of benzene rings is 1. The molecule has 0 aliphatic carbocycles. The summed E-state index contributed by atoms with van der Waals surface area (Å²) < 4.78 is 6.70. The standard InChI is InChI=1S/C15H17BrN2O/c1-10-5-6-11(15(2,3)4)13(7-10)19-14-12(16)8-17-9-18-14/h5-9H,1-4H3. The fourth-order valence-corrected chi connectivity index (χ4v) is 2.12. The molecule has 4 heteroatoms. The highest BCUT2D eigenvalue weighted by Crippen LogP contribution is 2.35. The Labute approximate surface area is 122 Å². The van der Waals surface area contributed by atoms with Crippen molar-refractivity contribution >= 4 is 15.9 Å². The predicted molar refractivity (Wildman–Crippen MR) is 79.7 cm³/mol. The number of aromatic nitrogens is 2. The fraction of sp³-hybridized carbons (Fsp3) is 0.333. The predicted octanol–water partition coefficient (Wildman–Crippen LogP) is 4.64. The molecule has 19 heavy (non-hydrogen) atoms.